The number of urea groups is 1. The van der Waals surface area contributed by atoms with E-state index >= 15 is 0 Å². The minimum Gasteiger partial charge on any atom is -0.480 e. The average Bonchev–Trinajstić information content (AvgIpc) is 2.91. The number of carbonyl (C=O) groups is 2. The lowest BCUT2D eigenvalue weighted by atomic mass is 9.85. The second kappa shape index (κ2) is 5.26. The summed E-state index contributed by atoms with van der Waals surface area (Å²) in [7, 11) is 1.81. The molecule has 0 radical (unpaired) electrons. The highest BCUT2D eigenvalue weighted by Gasteiger charge is 2.50. The molecule has 2 amide bonds. The van der Waals surface area contributed by atoms with Crippen LogP contribution >= 0.6 is 0 Å². The van der Waals surface area contributed by atoms with Gasteiger partial charge in [-0.15, -0.1) is 0 Å². The van der Waals surface area contributed by atoms with Crippen LogP contribution in [0.25, 0.3) is 0 Å². The van der Waals surface area contributed by atoms with Crippen LogP contribution in [0.1, 0.15) is 38.5 Å². The Bertz CT molecular complexity index is 408. The molecule has 5 heteroatoms. The van der Waals surface area contributed by atoms with Crippen LogP contribution in [0.5, 0.6) is 0 Å². The van der Waals surface area contributed by atoms with E-state index in [2.05, 4.69) is 0 Å². The standard InChI is InChI=1S/C15H24N2O3/c1-16(8-10-4-2-5-10)15(20)17-9-11-6-3-7-12(11)13(17)14(18)19/h10-13H,2-9H2,1H3,(H,18,19). The third kappa shape index (κ3) is 2.27. The number of fused-ring (bicyclic) bond motifs is 1. The fraction of sp³-hybridized carbons (Fsp3) is 0.867. The Hall–Kier alpha value is -1.26. The maximum absolute atomic E-state index is 12.6. The fourth-order valence-electron chi connectivity index (χ4n) is 4.18. The zero-order valence-corrected chi connectivity index (χ0v) is 12.1. The number of carboxylic acids is 1. The number of carboxylic acid groups (broad SMARTS) is 1. The average molecular weight is 280 g/mol. The molecule has 0 aromatic heterocycles. The number of carbonyl (C=O) groups excluding carboxylic acids is 1. The van der Waals surface area contributed by atoms with Crippen molar-refractivity contribution >= 4 is 12.0 Å². The molecule has 3 unspecified atom stereocenters. The highest BCUT2D eigenvalue weighted by atomic mass is 16.4. The van der Waals surface area contributed by atoms with Crippen LogP contribution in [0.3, 0.4) is 0 Å². The third-order valence-electron chi connectivity index (χ3n) is 5.47. The Morgan fingerprint density at radius 3 is 2.50 bits per heavy atom. The van der Waals surface area contributed by atoms with E-state index in [1.54, 1.807) is 9.80 Å². The van der Waals surface area contributed by atoms with Gasteiger partial charge in [0.2, 0.25) is 0 Å². The van der Waals surface area contributed by atoms with Gasteiger partial charge in [-0.25, -0.2) is 9.59 Å². The quantitative estimate of drug-likeness (QED) is 0.860. The van der Waals surface area contributed by atoms with Crippen LogP contribution in [0.2, 0.25) is 0 Å². The predicted molar refractivity (Wildman–Crippen MR) is 74.3 cm³/mol. The largest absolute Gasteiger partial charge is 0.480 e. The molecule has 1 N–H and O–H groups in total. The van der Waals surface area contributed by atoms with Crippen LogP contribution in [0.15, 0.2) is 0 Å². The second-order valence-electron chi connectivity index (χ2n) is 6.75. The minimum atomic E-state index is -0.829. The zero-order valence-electron chi connectivity index (χ0n) is 12.1. The van der Waals surface area contributed by atoms with E-state index in [1.807, 2.05) is 7.05 Å². The monoisotopic (exact) mass is 280 g/mol. The number of amides is 2. The first-order valence-electron chi connectivity index (χ1n) is 7.82. The van der Waals surface area contributed by atoms with Gasteiger partial charge in [-0.3, -0.25) is 0 Å². The number of nitrogens with zero attached hydrogens (tertiary/aromatic N) is 2. The molecule has 20 heavy (non-hydrogen) atoms. The van der Waals surface area contributed by atoms with Crippen molar-refractivity contribution in [3.63, 3.8) is 0 Å². The lowest BCUT2D eigenvalue weighted by Gasteiger charge is -2.34. The van der Waals surface area contributed by atoms with Gasteiger partial charge < -0.3 is 14.9 Å². The lowest BCUT2D eigenvalue weighted by Crippen LogP contribution is -2.49. The van der Waals surface area contributed by atoms with Crippen LogP contribution in [0.4, 0.5) is 4.79 Å². The van der Waals surface area contributed by atoms with Gasteiger partial charge in [0.25, 0.3) is 0 Å². The number of hydrogen-bond donors (Lipinski definition) is 1. The van der Waals surface area contributed by atoms with Crippen LogP contribution < -0.4 is 0 Å². The molecule has 1 heterocycles. The highest BCUT2D eigenvalue weighted by molar-refractivity contribution is 5.83. The summed E-state index contributed by atoms with van der Waals surface area (Å²) in [6.45, 7) is 1.41. The van der Waals surface area contributed by atoms with E-state index in [9.17, 15) is 14.7 Å². The second-order valence-corrected chi connectivity index (χ2v) is 6.75. The Morgan fingerprint density at radius 1 is 1.20 bits per heavy atom. The Morgan fingerprint density at radius 2 is 1.90 bits per heavy atom. The molecule has 1 saturated heterocycles. The van der Waals surface area contributed by atoms with E-state index in [1.165, 1.54) is 19.3 Å². The molecule has 0 aromatic carbocycles. The van der Waals surface area contributed by atoms with Gasteiger partial charge in [-0.2, -0.15) is 0 Å². The van der Waals surface area contributed by atoms with Crippen LogP contribution in [0, 0.1) is 17.8 Å². The van der Waals surface area contributed by atoms with E-state index in [0.717, 1.165) is 25.8 Å². The molecule has 3 aliphatic rings. The minimum absolute atomic E-state index is 0.0845. The summed E-state index contributed by atoms with van der Waals surface area (Å²) in [6.07, 6.45) is 6.80. The first-order chi connectivity index (χ1) is 9.58. The van der Waals surface area contributed by atoms with Crippen molar-refractivity contribution in [1.82, 2.24) is 9.80 Å². The summed E-state index contributed by atoms with van der Waals surface area (Å²) in [6, 6.07) is -0.683. The molecular weight excluding hydrogens is 256 g/mol. The molecule has 0 bridgehead atoms. The molecule has 2 saturated carbocycles. The van der Waals surface area contributed by atoms with Crippen molar-refractivity contribution in [2.75, 3.05) is 20.1 Å². The molecular formula is C15H24N2O3. The van der Waals surface area contributed by atoms with Crippen molar-refractivity contribution in [3.05, 3.63) is 0 Å². The molecule has 3 fully saturated rings. The van der Waals surface area contributed by atoms with E-state index in [-0.39, 0.29) is 11.9 Å². The van der Waals surface area contributed by atoms with E-state index < -0.39 is 12.0 Å². The molecule has 1 aliphatic heterocycles. The van der Waals surface area contributed by atoms with Crippen molar-refractivity contribution < 1.29 is 14.7 Å². The van der Waals surface area contributed by atoms with E-state index in [4.69, 9.17) is 0 Å². The summed E-state index contributed by atoms with van der Waals surface area (Å²) in [5.41, 5.74) is 0. The lowest BCUT2D eigenvalue weighted by molar-refractivity contribution is -0.142. The van der Waals surface area contributed by atoms with Gasteiger partial charge in [0.15, 0.2) is 0 Å². The number of rotatable bonds is 3. The molecule has 2 aliphatic carbocycles. The van der Waals surface area contributed by atoms with Gasteiger partial charge in [0, 0.05) is 20.1 Å². The summed E-state index contributed by atoms with van der Waals surface area (Å²) >= 11 is 0. The van der Waals surface area contributed by atoms with Crippen LogP contribution in [-0.4, -0.2) is 53.1 Å². The van der Waals surface area contributed by atoms with Gasteiger partial charge in [-0.1, -0.05) is 12.8 Å². The number of likely N-dealkylation sites (tertiary alicyclic amines) is 1. The van der Waals surface area contributed by atoms with E-state index in [0.29, 0.717) is 18.4 Å². The maximum atomic E-state index is 12.6. The van der Waals surface area contributed by atoms with Crippen molar-refractivity contribution in [1.29, 1.82) is 0 Å². The van der Waals surface area contributed by atoms with Crippen molar-refractivity contribution in [2.24, 2.45) is 17.8 Å². The first-order valence-corrected chi connectivity index (χ1v) is 7.82. The summed E-state index contributed by atoms with van der Waals surface area (Å²) in [5.74, 6) is 0.366. The summed E-state index contributed by atoms with van der Waals surface area (Å²) in [5, 5.41) is 9.49. The molecule has 3 atom stereocenters. The smallest absolute Gasteiger partial charge is 0.326 e. The summed E-state index contributed by atoms with van der Waals surface area (Å²) < 4.78 is 0. The number of aliphatic carboxylic acids is 1. The Labute approximate surface area is 119 Å². The first kappa shape index (κ1) is 13.7. The third-order valence-corrected chi connectivity index (χ3v) is 5.47. The van der Waals surface area contributed by atoms with Gasteiger partial charge >= 0.3 is 12.0 Å². The molecule has 112 valence electrons. The van der Waals surface area contributed by atoms with Gasteiger partial charge in [0.1, 0.15) is 6.04 Å². The van der Waals surface area contributed by atoms with Gasteiger partial charge in [0.05, 0.1) is 0 Å². The molecule has 0 aromatic rings. The Kier molecular flexibility index (Phi) is 3.61. The normalized spacial score (nSPS) is 32.9. The topological polar surface area (TPSA) is 60.9 Å². The predicted octanol–water partition coefficient (Wildman–Crippen LogP) is 2.02. The highest BCUT2D eigenvalue weighted by Crippen LogP contribution is 2.42. The fourth-order valence-corrected chi connectivity index (χ4v) is 4.18. The van der Waals surface area contributed by atoms with Gasteiger partial charge in [-0.05, 0) is 43.4 Å². The number of hydrogen-bond acceptors (Lipinski definition) is 2. The molecule has 5 nitrogen and oxygen atoms in total. The Balaban J connectivity index is 1.67. The summed E-state index contributed by atoms with van der Waals surface area (Å²) in [4.78, 5) is 27.5. The van der Waals surface area contributed by atoms with Crippen molar-refractivity contribution in [3.8, 4) is 0 Å². The van der Waals surface area contributed by atoms with Crippen LogP contribution in [-0.2, 0) is 4.79 Å². The molecule has 3 rings (SSSR count). The van der Waals surface area contributed by atoms with Crippen molar-refractivity contribution in [2.45, 2.75) is 44.6 Å². The molecule has 0 spiro atoms. The zero-order chi connectivity index (χ0) is 14.3. The SMILES string of the molecule is CN(CC1CCC1)C(=O)N1CC2CCCC2C1C(=O)O. The maximum Gasteiger partial charge on any atom is 0.326 e.